The monoisotopic (exact) mass is 236 g/mol. The van der Waals surface area contributed by atoms with Gasteiger partial charge in [0.05, 0.1) is 6.61 Å². The molecule has 7 heteroatoms. The van der Waals surface area contributed by atoms with E-state index in [2.05, 4.69) is 14.3 Å². The van der Waals surface area contributed by atoms with Crippen LogP contribution in [0.3, 0.4) is 0 Å². The summed E-state index contributed by atoms with van der Waals surface area (Å²) in [6.07, 6.45) is 3.82. The summed E-state index contributed by atoms with van der Waals surface area (Å²) in [5.41, 5.74) is 0. The van der Waals surface area contributed by atoms with Crippen LogP contribution >= 0.6 is 0 Å². The van der Waals surface area contributed by atoms with Gasteiger partial charge >= 0.3 is 10.4 Å². The first-order valence-electron chi connectivity index (χ1n) is 4.36. The maximum absolute atomic E-state index is 10.7. The summed E-state index contributed by atoms with van der Waals surface area (Å²) in [7, 11) is -3.95. The molecule has 1 N–H and O–H groups in total. The van der Waals surface area contributed by atoms with E-state index in [1.807, 2.05) is 0 Å². The van der Waals surface area contributed by atoms with Crippen molar-refractivity contribution in [3.05, 3.63) is 0 Å². The second kappa shape index (κ2) is 5.44. The molecule has 2 unspecified atom stereocenters. The number of terminal acetylenes is 1. The lowest BCUT2D eigenvalue weighted by molar-refractivity contribution is -0.149. The molecule has 15 heavy (non-hydrogen) atoms. The van der Waals surface area contributed by atoms with Crippen LogP contribution in [0.25, 0.3) is 0 Å². The van der Waals surface area contributed by atoms with Crippen LogP contribution in [0, 0.1) is 12.3 Å². The summed E-state index contributed by atoms with van der Waals surface area (Å²) in [6.45, 7) is 0.00388. The Labute approximate surface area is 88.5 Å². The molecule has 0 amide bonds. The van der Waals surface area contributed by atoms with Crippen molar-refractivity contribution in [2.24, 2.45) is 0 Å². The van der Waals surface area contributed by atoms with Crippen molar-refractivity contribution in [3.8, 4) is 12.3 Å². The number of ether oxygens (including phenoxy) is 1. The lowest BCUT2D eigenvalue weighted by Gasteiger charge is -2.14. The van der Waals surface area contributed by atoms with Gasteiger partial charge in [-0.05, 0) is 6.42 Å². The molecule has 0 aliphatic carbocycles. The Morgan fingerprint density at radius 3 is 2.93 bits per heavy atom. The average molecular weight is 236 g/mol. The maximum atomic E-state index is 10.7. The van der Waals surface area contributed by atoms with Gasteiger partial charge in [0.25, 0.3) is 0 Å². The second-order valence-corrected chi connectivity index (χ2v) is 4.14. The Balaban J connectivity index is 2.24. The molecule has 6 nitrogen and oxygen atoms in total. The standard InChI is InChI=1S/C8H12O6S/c1-2-3-4-5-12-8(9)7-6-13-15(10,11)14-7/h1,7-9H,3-6H2. The van der Waals surface area contributed by atoms with E-state index in [0.717, 1.165) is 0 Å². The number of hydrogen-bond acceptors (Lipinski definition) is 6. The van der Waals surface area contributed by atoms with Gasteiger partial charge in [0.2, 0.25) is 0 Å². The third-order valence-corrected chi connectivity index (χ3v) is 2.60. The fraction of sp³-hybridized carbons (Fsp3) is 0.750. The number of aliphatic hydroxyl groups is 1. The number of hydrogen-bond donors (Lipinski definition) is 1. The molecule has 2 atom stereocenters. The van der Waals surface area contributed by atoms with E-state index < -0.39 is 22.8 Å². The van der Waals surface area contributed by atoms with E-state index in [0.29, 0.717) is 12.8 Å². The molecule has 1 fully saturated rings. The highest BCUT2D eigenvalue weighted by molar-refractivity contribution is 7.82. The van der Waals surface area contributed by atoms with E-state index in [9.17, 15) is 13.5 Å². The molecule has 1 heterocycles. The first kappa shape index (κ1) is 12.4. The minimum Gasteiger partial charge on any atom is -0.366 e. The molecule has 0 aromatic carbocycles. The topological polar surface area (TPSA) is 82.1 Å². The van der Waals surface area contributed by atoms with E-state index in [4.69, 9.17) is 11.2 Å². The zero-order valence-electron chi connectivity index (χ0n) is 7.96. The van der Waals surface area contributed by atoms with Gasteiger partial charge in [-0.25, -0.2) is 8.37 Å². The summed E-state index contributed by atoms with van der Waals surface area (Å²) in [4.78, 5) is 0. The van der Waals surface area contributed by atoms with Gasteiger partial charge in [0.1, 0.15) is 6.61 Å². The Bertz CT molecular complexity index is 330. The summed E-state index contributed by atoms with van der Waals surface area (Å²) in [5, 5.41) is 9.34. The molecule has 1 rings (SSSR count). The van der Waals surface area contributed by atoms with E-state index in [1.54, 1.807) is 0 Å². The predicted octanol–water partition coefficient (Wildman–Crippen LogP) is -0.605. The average Bonchev–Trinajstić information content (AvgIpc) is 2.53. The molecule has 0 aromatic rings. The molecule has 1 saturated heterocycles. The van der Waals surface area contributed by atoms with Crippen molar-refractivity contribution < 1.29 is 26.6 Å². The number of rotatable bonds is 5. The largest absolute Gasteiger partial charge is 0.400 e. The predicted molar refractivity (Wildman–Crippen MR) is 49.8 cm³/mol. The Morgan fingerprint density at radius 1 is 1.67 bits per heavy atom. The zero-order valence-corrected chi connectivity index (χ0v) is 8.77. The third kappa shape index (κ3) is 4.15. The number of unbranched alkanes of at least 4 members (excludes halogenated alkanes) is 1. The fourth-order valence-electron chi connectivity index (χ4n) is 0.973. The lowest BCUT2D eigenvalue weighted by Crippen LogP contribution is -2.31. The minimum atomic E-state index is -3.95. The van der Waals surface area contributed by atoms with Gasteiger partial charge in [0, 0.05) is 6.42 Å². The highest BCUT2D eigenvalue weighted by Crippen LogP contribution is 2.16. The minimum absolute atomic E-state index is 0.237. The molecule has 0 spiro atoms. The fourth-order valence-corrected chi connectivity index (χ4v) is 1.78. The third-order valence-electron chi connectivity index (χ3n) is 1.69. The Hall–Kier alpha value is -0.650. The smallest absolute Gasteiger partial charge is 0.366 e. The van der Waals surface area contributed by atoms with Gasteiger partial charge in [-0.3, -0.25) is 0 Å². The van der Waals surface area contributed by atoms with Crippen molar-refractivity contribution in [2.45, 2.75) is 25.2 Å². The van der Waals surface area contributed by atoms with Crippen molar-refractivity contribution in [1.29, 1.82) is 0 Å². The molecular weight excluding hydrogens is 224 g/mol. The number of aliphatic hydroxyl groups excluding tert-OH is 1. The quantitative estimate of drug-likeness (QED) is 0.390. The van der Waals surface area contributed by atoms with E-state index in [1.165, 1.54) is 0 Å². The molecule has 1 aliphatic rings. The van der Waals surface area contributed by atoms with E-state index in [-0.39, 0.29) is 13.2 Å². The highest BCUT2D eigenvalue weighted by atomic mass is 32.3. The van der Waals surface area contributed by atoms with Gasteiger partial charge in [-0.15, -0.1) is 12.3 Å². The van der Waals surface area contributed by atoms with Crippen LogP contribution in [0.4, 0.5) is 0 Å². The Morgan fingerprint density at radius 2 is 2.40 bits per heavy atom. The molecular formula is C8H12O6S. The first-order chi connectivity index (χ1) is 7.05. The van der Waals surface area contributed by atoms with Crippen LogP contribution in [0.5, 0.6) is 0 Å². The Kier molecular flexibility index (Phi) is 4.50. The highest BCUT2D eigenvalue weighted by Gasteiger charge is 2.35. The van der Waals surface area contributed by atoms with Crippen LogP contribution in [-0.2, 0) is 23.5 Å². The van der Waals surface area contributed by atoms with Gasteiger partial charge in [-0.1, -0.05) is 0 Å². The van der Waals surface area contributed by atoms with Crippen LogP contribution in [0.15, 0.2) is 0 Å². The molecule has 0 aromatic heterocycles. The van der Waals surface area contributed by atoms with Crippen LogP contribution in [-0.4, -0.2) is 39.1 Å². The SMILES string of the molecule is C#CCCCOC(O)C1COS(=O)(=O)O1. The summed E-state index contributed by atoms with van der Waals surface area (Å²) < 4.78 is 35.0. The maximum Gasteiger partial charge on any atom is 0.400 e. The van der Waals surface area contributed by atoms with Crippen molar-refractivity contribution >= 4 is 10.4 Å². The molecule has 86 valence electrons. The van der Waals surface area contributed by atoms with Crippen LogP contribution in [0.1, 0.15) is 12.8 Å². The van der Waals surface area contributed by atoms with Crippen molar-refractivity contribution in [2.75, 3.05) is 13.2 Å². The summed E-state index contributed by atoms with van der Waals surface area (Å²) >= 11 is 0. The first-order valence-corrected chi connectivity index (χ1v) is 5.69. The van der Waals surface area contributed by atoms with Gasteiger partial charge in [-0.2, -0.15) is 8.42 Å². The van der Waals surface area contributed by atoms with Gasteiger partial charge < -0.3 is 9.84 Å². The van der Waals surface area contributed by atoms with Crippen LogP contribution in [0.2, 0.25) is 0 Å². The molecule has 0 radical (unpaired) electrons. The van der Waals surface area contributed by atoms with Crippen LogP contribution < -0.4 is 0 Å². The van der Waals surface area contributed by atoms with Crippen molar-refractivity contribution in [3.63, 3.8) is 0 Å². The molecule has 1 aliphatic heterocycles. The lowest BCUT2D eigenvalue weighted by atomic mass is 10.3. The zero-order chi connectivity index (χ0) is 11.3. The summed E-state index contributed by atoms with van der Waals surface area (Å²) in [6, 6.07) is 0. The second-order valence-electron chi connectivity index (χ2n) is 2.90. The normalized spacial score (nSPS) is 26.0. The van der Waals surface area contributed by atoms with Gasteiger partial charge in [0.15, 0.2) is 12.4 Å². The van der Waals surface area contributed by atoms with E-state index >= 15 is 0 Å². The molecule has 0 saturated carbocycles. The summed E-state index contributed by atoms with van der Waals surface area (Å²) in [5.74, 6) is 2.41. The van der Waals surface area contributed by atoms with Crippen molar-refractivity contribution in [1.82, 2.24) is 0 Å². The molecule has 0 bridgehead atoms.